The van der Waals surface area contributed by atoms with Gasteiger partial charge in [0, 0.05) is 23.8 Å². The van der Waals surface area contributed by atoms with Gasteiger partial charge in [-0.25, -0.2) is 4.98 Å². The summed E-state index contributed by atoms with van der Waals surface area (Å²) < 4.78 is 0. The molecule has 1 heterocycles. The molecule has 0 spiro atoms. The van der Waals surface area contributed by atoms with E-state index in [1.165, 1.54) is 12.8 Å². The predicted molar refractivity (Wildman–Crippen MR) is 87.7 cm³/mol. The number of nitrogens with zero attached hydrogens (tertiary/aromatic N) is 1. The van der Waals surface area contributed by atoms with Gasteiger partial charge in [0.2, 0.25) is 11.8 Å². The lowest BCUT2D eigenvalue weighted by Crippen LogP contribution is -2.33. The molecule has 0 unspecified atom stereocenters. The standard InChI is InChI=1S/C16H25N3O2S/c1-3-13-14(22-11(2)18-13)10-17-15(20)8-9-16(21)19-12-6-4-5-7-12/h12H,3-10H2,1-2H3,(H,17,20)(H,19,21). The minimum absolute atomic E-state index is 0.00932. The molecule has 1 saturated carbocycles. The van der Waals surface area contributed by atoms with E-state index in [1.54, 1.807) is 11.3 Å². The van der Waals surface area contributed by atoms with E-state index in [9.17, 15) is 9.59 Å². The van der Waals surface area contributed by atoms with Crippen molar-refractivity contribution in [3.8, 4) is 0 Å². The Labute approximate surface area is 135 Å². The Hall–Kier alpha value is -1.43. The second-order valence-electron chi connectivity index (χ2n) is 5.78. The summed E-state index contributed by atoms with van der Waals surface area (Å²) >= 11 is 1.62. The van der Waals surface area contributed by atoms with Crippen LogP contribution in [0.1, 0.15) is 61.0 Å². The summed E-state index contributed by atoms with van der Waals surface area (Å²) in [6.45, 7) is 4.55. The fourth-order valence-electron chi connectivity index (χ4n) is 2.79. The van der Waals surface area contributed by atoms with Crippen molar-refractivity contribution >= 4 is 23.2 Å². The summed E-state index contributed by atoms with van der Waals surface area (Å²) in [7, 11) is 0. The van der Waals surface area contributed by atoms with Crippen LogP contribution in [-0.2, 0) is 22.6 Å². The first-order valence-electron chi connectivity index (χ1n) is 8.09. The van der Waals surface area contributed by atoms with Crippen LogP contribution < -0.4 is 10.6 Å². The fourth-order valence-corrected chi connectivity index (χ4v) is 3.76. The number of carbonyl (C=O) groups excluding carboxylic acids is 2. The molecule has 0 saturated heterocycles. The Kier molecular flexibility index (Phi) is 6.36. The van der Waals surface area contributed by atoms with Gasteiger partial charge in [0.05, 0.1) is 17.2 Å². The zero-order valence-electron chi connectivity index (χ0n) is 13.4. The molecule has 2 N–H and O–H groups in total. The Morgan fingerprint density at radius 1 is 1.23 bits per heavy atom. The third kappa shape index (κ3) is 5.09. The van der Waals surface area contributed by atoms with Gasteiger partial charge in [-0.3, -0.25) is 9.59 Å². The lowest BCUT2D eigenvalue weighted by molar-refractivity contribution is -0.126. The quantitative estimate of drug-likeness (QED) is 0.810. The normalized spacial score (nSPS) is 15.0. The SMILES string of the molecule is CCc1nc(C)sc1CNC(=O)CCC(=O)NC1CCCC1. The molecule has 1 aromatic heterocycles. The molecule has 1 aliphatic rings. The van der Waals surface area contributed by atoms with Gasteiger partial charge in [-0.2, -0.15) is 0 Å². The van der Waals surface area contributed by atoms with E-state index in [0.29, 0.717) is 12.6 Å². The van der Waals surface area contributed by atoms with Gasteiger partial charge in [0.1, 0.15) is 0 Å². The summed E-state index contributed by atoms with van der Waals surface area (Å²) in [5.74, 6) is -0.0837. The van der Waals surface area contributed by atoms with Crippen LogP contribution in [0.3, 0.4) is 0 Å². The minimum atomic E-state index is -0.0744. The number of aryl methyl sites for hydroxylation is 2. The van der Waals surface area contributed by atoms with Crippen LogP contribution in [0, 0.1) is 6.92 Å². The smallest absolute Gasteiger partial charge is 0.220 e. The molecule has 0 aliphatic heterocycles. The van der Waals surface area contributed by atoms with Crippen molar-refractivity contribution in [1.82, 2.24) is 15.6 Å². The topological polar surface area (TPSA) is 71.1 Å². The molecule has 6 heteroatoms. The summed E-state index contributed by atoms with van der Waals surface area (Å²) in [5, 5.41) is 6.92. The first-order chi connectivity index (χ1) is 10.6. The highest BCUT2D eigenvalue weighted by Gasteiger charge is 2.17. The fraction of sp³-hybridized carbons (Fsp3) is 0.688. The van der Waals surface area contributed by atoms with Crippen molar-refractivity contribution in [2.24, 2.45) is 0 Å². The van der Waals surface area contributed by atoms with E-state index in [0.717, 1.165) is 34.8 Å². The molecule has 2 rings (SSSR count). The molecular formula is C16H25N3O2S. The molecule has 0 atom stereocenters. The molecule has 22 heavy (non-hydrogen) atoms. The summed E-state index contributed by atoms with van der Waals surface area (Å²) in [6, 6.07) is 0.322. The summed E-state index contributed by atoms with van der Waals surface area (Å²) in [5.41, 5.74) is 1.06. The zero-order chi connectivity index (χ0) is 15.9. The van der Waals surface area contributed by atoms with Crippen LogP contribution in [0.5, 0.6) is 0 Å². The molecule has 0 bridgehead atoms. The largest absolute Gasteiger partial charge is 0.353 e. The molecule has 122 valence electrons. The van der Waals surface area contributed by atoms with Gasteiger partial charge in [-0.1, -0.05) is 19.8 Å². The van der Waals surface area contributed by atoms with Crippen molar-refractivity contribution in [2.45, 2.75) is 71.4 Å². The highest BCUT2D eigenvalue weighted by Crippen LogP contribution is 2.19. The van der Waals surface area contributed by atoms with Crippen molar-refractivity contribution in [3.63, 3.8) is 0 Å². The van der Waals surface area contributed by atoms with Crippen LogP contribution in [-0.4, -0.2) is 22.8 Å². The highest BCUT2D eigenvalue weighted by atomic mass is 32.1. The van der Waals surface area contributed by atoms with E-state index in [1.807, 2.05) is 6.92 Å². The van der Waals surface area contributed by atoms with Crippen molar-refractivity contribution in [1.29, 1.82) is 0 Å². The van der Waals surface area contributed by atoms with Gasteiger partial charge in [0.15, 0.2) is 0 Å². The molecule has 1 fully saturated rings. The van der Waals surface area contributed by atoms with Crippen molar-refractivity contribution in [3.05, 3.63) is 15.6 Å². The van der Waals surface area contributed by atoms with Gasteiger partial charge in [-0.05, 0) is 26.2 Å². The van der Waals surface area contributed by atoms with Crippen LogP contribution in [0.15, 0.2) is 0 Å². The third-order valence-corrected chi connectivity index (χ3v) is 4.98. The van der Waals surface area contributed by atoms with Gasteiger partial charge in [-0.15, -0.1) is 11.3 Å². The van der Waals surface area contributed by atoms with E-state index in [-0.39, 0.29) is 24.7 Å². The Balaban J connectivity index is 1.67. The molecule has 0 radical (unpaired) electrons. The number of aromatic nitrogens is 1. The van der Waals surface area contributed by atoms with Crippen LogP contribution in [0.4, 0.5) is 0 Å². The lowest BCUT2D eigenvalue weighted by atomic mass is 10.2. The zero-order valence-corrected chi connectivity index (χ0v) is 14.2. The summed E-state index contributed by atoms with van der Waals surface area (Å²) in [4.78, 5) is 29.2. The van der Waals surface area contributed by atoms with E-state index in [2.05, 4.69) is 22.5 Å². The third-order valence-electron chi connectivity index (χ3n) is 3.97. The average Bonchev–Trinajstić information content (AvgIpc) is 3.12. The Bertz CT molecular complexity index is 521. The number of nitrogens with one attached hydrogen (secondary N) is 2. The number of carbonyl (C=O) groups is 2. The maximum atomic E-state index is 11.9. The van der Waals surface area contributed by atoms with E-state index < -0.39 is 0 Å². The van der Waals surface area contributed by atoms with Crippen LogP contribution in [0.25, 0.3) is 0 Å². The van der Waals surface area contributed by atoms with Crippen LogP contribution >= 0.6 is 11.3 Å². The Morgan fingerprint density at radius 2 is 1.91 bits per heavy atom. The predicted octanol–water partition coefficient (Wildman–Crippen LogP) is 2.47. The molecule has 2 amide bonds. The molecule has 5 nitrogen and oxygen atoms in total. The Morgan fingerprint density at radius 3 is 2.59 bits per heavy atom. The van der Waals surface area contributed by atoms with Crippen molar-refractivity contribution < 1.29 is 9.59 Å². The summed E-state index contributed by atoms with van der Waals surface area (Å²) in [6.07, 6.45) is 5.92. The number of thiazole rings is 1. The van der Waals surface area contributed by atoms with Gasteiger partial charge >= 0.3 is 0 Å². The van der Waals surface area contributed by atoms with Crippen molar-refractivity contribution in [2.75, 3.05) is 0 Å². The molecule has 1 aliphatic carbocycles. The lowest BCUT2D eigenvalue weighted by Gasteiger charge is -2.11. The second-order valence-corrected chi connectivity index (χ2v) is 7.07. The first kappa shape index (κ1) is 16.9. The number of hydrogen-bond donors (Lipinski definition) is 2. The second kappa shape index (κ2) is 8.27. The van der Waals surface area contributed by atoms with E-state index >= 15 is 0 Å². The molecule has 0 aromatic carbocycles. The van der Waals surface area contributed by atoms with Gasteiger partial charge < -0.3 is 10.6 Å². The molecule has 1 aromatic rings. The minimum Gasteiger partial charge on any atom is -0.353 e. The van der Waals surface area contributed by atoms with Gasteiger partial charge in [0.25, 0.3) is 0 Å². The first-order valence-corrected chi connectivity index (χ1v) is 8.91. The maximum Gasteiger partial charge on any atom is 0.220 e. The van der Waals surface area contributed by atoms with Crippen LogP contribution in [0.2, 0.25) is 0 Å². The molecular weight excluding hydrogens is 298 g/mol. The maximum absolute atomic E-state index is 11.9. The average molecular weight is 323 g/mol. The number of hydrogen-bond acceptors (Lipinski definition) is 4. The van der Waals surface area contributed by atoms with E-state index in [4.69, 9.17) is 0 Å². The number of rotatable bonds is 7. The number of amides is 2. The monoisotopic (exact) mass is 323 g/mol. The highest BCUT2D eigenvalue weighted by molar-refractivity contribution is 7.11.